The van der Waals surface area contributed by atoms with Gasteiger partial charge in [0.15, 0.2) is 0 Å². The first-order valence-corrected chi connectivity index (χ1v) is 5.14. The van der Waals surface area contributed by atoms with Gasteiger partial charge < -0.3 is 5.11 Å². The van der Waals surface area contributed by atoms with Crippen molar-refractivity contribution in [3.05, 3.63) is 53.6 Å². The van der Waals surface area contributed by atoms with Crippen LogP contribution >= 0.6 is 0 Å². The van der Waals surface area contributed by atoms with Crippen LogP contribution in [0.1, 0.15) is 5.56 Å². The van der Waals surface area contributed by atoms with Gasteiger partial charge in [-0.3, -0.25) is 0 Å². The van der Waals surface area contributed by atoms with Crippen LogP contribution in [0.25, 0.3) is 11.1 Å². The van der Waals surface area contributed by atoms with E-state index in [2.05, 4.69) is 0 Å². The Bertz CT molecular complexity index is 619. The van der Waals surface area contributed by atoms with Crippen molar-refractivity contribution in [2.45, 2.75) is 6.18 Å². The smallest absolute Gasteiger partial charge is 0.416 e. The largest absolute Gasteiger partial charge is 0.507 e. The molecule has 6 heteroatoms. The van der Waals surface area contributed by atoms with Crippen molar-refractivity contribution < 1.29 is 27.1 Å². The van der Waals surface area contributed by atoms with Crippen molar-refractivity contribution >= 4 is 0 Å². The molecule has 1 nitrogen and oxygen atoms in total. The Balaban J connectivity index is 2.64. The minimum atomic E-state index is -4.63. The highest BCUT2D eigenvalue weighted by molar-refractivity contribution is 5.71. The Hall–Kier alpha value is -2.11. The number of benzene rings is 2. The predicted octanol–water partition coefficient (Wildman–Crippen LogP) is 4.36. The first kappa shape index (κ1) is 13.3. The van der Waals surface area contributed by atoms with E-state index in [1.54, 1.807) is 0 Å². The molecule has 100 valence electrons. The molecule has 0 aromatic heterocycles. The minimum absolute atomic E-state index is 0.410. The van der Waals surface area contributed by atoms with E-state index in [9.17, 15) is 27.1 Å². The Morgan fingerprint density at radius 3 is 2.16 bits per heavy atom. The molecular weight excluding hydrogens is 267 g/mol. The van der Waals surface area contributed by atoms with Crippen molar-refractivity contribution in [2.75, 3.05) is 0 Å². The quantitative estimate of drug-likeness (QED) is 0.766. The summed E-state index contributed by atoms with van der Waals surface area (Å²) in [6.07, 6.45) is -4.63. The summed E-state index contributed by atoms with van der Waals surface area (Å²) in [6.45, 7) is 0. The van der Waals surface area contributed by atoms with E-state index in [0.29, 0.717) is 12.1 Å². The normalized spacial score (nSPS) is 11.6. The molecule has 0 unspecified atom stereocenters. The molecule has 2 aromatic rings. The molecule has 19 heavy (non-hydrogen) atoms. The van der Waals surface area contributed by atoms with Gasteiger partial charge in [-0.15, -0.1) is 0 Å². The Labute approximate surface area is 104 Å². The lowest BCUT2D eigenvalue weighted by Crippen LogP contribution is -2.04. The van der Waals surface area contributed by atoms with Crippen LogP contribution in [0.15, 0.2) is 36.4 Å². The van der Waals surface area contributed by atoms with Crippen LogP contribution in [0.3, 0.4) is 0 Å². The highest BCUT2D eigenvalue weighted by atomic mass is 19.4. The Morgan fingerprint density at radius 1 is 0.842 bits per heavy atom. The fourth-order valence-electron chi connectivity index (χ4n) is 1.63. The molecule has 2 rings (SSSR count). The predicted molar refractivity (Wildman–Crippen MR) is 58.5 cm³/mol. The molecule has 0 aliphatic heterocycles. The summed E-state index contributed by atoms with van der Waals surface area (Å²) in [4.78, 5) is 0. The number of halogens is 5. The van der Waals surface area contributed by atoms with E-state index < -0.39 is 40.3 Å². The third-order valence-electron chi connectivity index (χ3n) is 2.54. The fourth-order valence-corrected chi connectivity index (χ4v) is 1.63. The number of aromatic hydroxyl groups is 1. The molecule has 0 spiro atoms. The van der Waals surface area contributed by atoms with Gasteiger partial charge in [0, 0.05) is 11.1 Å². The second-order valence-corrected chi connectivity index (χ2v) is 3.85. The van der Waals surface area contributed by atoms with E-state index in [-0.39, 0.29) is 0 Å². The van der Waals surface area contributed by atoms with Crippen LogP contribution in [-0.2, 0) is 6.18 Å². The Kier molecular flexibility index (Phi) is 3.18. The molecule has 0 aliphatic carbocycles. The summed E-state index contributed by atoms with van der Waals surface area (Å²) in [6, 6.07) is 4.38. The van der Waals surface area contributed by atoms with Crippen LogP contribution in [-0.4, -0.2) is 5.11 Å². The minimum Gasteiger partial charge on any atom is -0.507 e. The SMILES string of the molecule is Oc1ccc(C(F)(F)F)cc1-c1cc(F)ccc1F. The van der Waals surface area contributed by atoms with Crippen molar-refractivity contribution in [3.63, 3.8) is 0 Å². The van der Waals surface area contributed by atoms with E-state index in [0.717, 1.165) is 24.3 Å². The van der Waals surface area contributed by atoms with E-state index >= 15 is 0 Å². The van der Waals surface area contributed by atoms with Crippen LogP contribution in [0.5, 0.6) is 5.75 Å². The third kappa shape index (κ3) is 2.67. The average Bonchev–Trinajstić information content (AvgIpc) is 2.32. The second-order valence-electron chi connectivity index (χ2n) is 3.85. The van der Waals surface area contributed by atoms with Crippen LogP contribution in [0, 0.1) is 11.6 Å². The maximum atomic E-state index is 13.5. The molecule has 0 heterocycles. The van der Waals surface area contributed by atoms with E-state index in [4.69, 9.17) is 0 Å². The summed E-state index contributed by atoms with van der Waals surface area (Å²) in [5, 5.41) is 9.51. The maximum Gasteiger partial charge on any atom is 0.416 e. The van der Waals surface area contributed by atoms with Gasteiger partial charge in [-0.1, -0.05) is 0 Å². The molecule has 0 bridgehead atoms. The topological polar surface area (TPSA) is 20.2 Å². The van der Waals surface area contributed by atoms with Crippen molar-refractivity contribution in [1.29, 1.82) is 0 Å². The molecule has 2 aromatic carbocycles. The lowest BCUT2D eigenvalue weighted by atomic mass is 10.0. The van der Waals surface area contributed by atoms with Gasteiger partial charge in [-0.25, -0.2) is 8.78 Å². The Morgan fingerprint density at radius 2 is 1.53 bits per heavy atom. The van der Waals surface area contributed by atoms with Crippen LogP contribution < -0.4 is 0 Å². The van der Waals surface area contributed by atoms with Gasteiger partial charge in [0.2, 0.25) is 0 Å². The number of rotatable bonds is 1. The van der Waals surface area contributed by atoms with Crippen molar-refractivity contribution in [2.24, 2.45) is 0 Å². The van der Waals surface area contributed by atoms with Crippen molar-refractivity contribution in [3.8, 4) is 16.9 Å². The number of hydrogen-bond acceptors (Lipinski definition) is 1. The number of alkyl halides is 3. The maximum absolute atomic E-state index is 13.5. The van der Waals surface area contributed by atoms with Crippen molar-refractivity contribution in [1.82, 2.24) is 0 Å². The van der Waals surface area contributed by atoms with E-state index in [1.165, 1.54) is 0 Å². The summed E-state index contributed by atoms with van der Waals surface area (Å²) in [5.41, 5.74) is -1.89. The summed E-state index contributed by atoms with van der Waals surface area (Å²) < 4.78 is 64.2. The molecule has 0 amide bonds. The van der Waals surface area contributed by atoms with Gasteiger partial charge in [-0.2, -0.15) is 13.2 Å². The highest BCUT2D eigenvalue weighted by Gasteiger charge is 2.31. The molecule has 0 radical (unpaired) electrons. The first-order chi connectivity index (χ1) is 8.79. The lowest BCUT2D eigenvalue weighted by molar-refractivity contribution is -0.137. The number of phenols is 1. The van der Waals surface area contributed by atoms with Crippen LogP contribution in [0.2, 0.25) is 0 Å². The summed E-state index contributed by atoms with van der Waals surface area (Å²) in [7, 11) is 0. The summed E-state index contributed by atoms with van der Waals surface area (Å²) in [5.74, 6) is -2.29. The second kappa shape index (κ2) is 4.53. The van der Waals surface area contributed by atoms with Gasteiger partial charge in [0.1, 0.15) is 17.4 Å². The highest BCUT2D eigenvalue weighted by Crippen LogP contribution is 2.37. The first-order valence-electron chi connectivity index (χ1n) is 5.14. The van der Waals surface area contributed by atoms with E-state index in [1.807, 2.05) is 0 Å². The molecule has 0 fully saturated rings. The van der Waals surface area contributed by atoms with Gasteiger partial charge in [-0.05, 0) is 36.4 Å². The van der Waals surface area contributed by atoms with Gasteiger partial charge in [0.25, 0.3) is 0 Å². The number of hydrogen-bond donors (Lipinski definition) is 1. The lowest BCUT2D eigenvalue weighted by Gasteiger charge is -2.11. The van der Waals surface area contributed by atoms with Gasteiger partial charge >= 0.3 is 6.18 Å². The molecule has 0 atom stereocenters. The molecule has 0 aliphatic rings. The number of phenolic OH excluding ortho intramolecular Hbond substituents is 1. The summed E-state index contributed by atoms with van der Waals surface area (Å²) >= 11 is 0. The van der Waals surface area contributed by atoms with Crippen LogP contribution in [0.4, 0.5) is 22.0 Å². The monoisotopic (exact) mass is 274 g/mol. The molecule has 0 saturated heterocycles. The zero-order valence-electron chi connectivity index (χ0n) is 9.30. The fraction of sp³-hybridized carbons (Fsp3) is 0.0769. The average molecular weight is 274 g/mol. The molecular formula is C13H7F5O. The standard InChI is InChI=1S/C13H7F5O/c14-8-2-3-11(15)9(6-8)10-5-7(13(16,17)18)1-4-12(10)19/h1-6,19H. The zero-order valence-corrected chi connectivity index (χ0v) is 9.30. The zero-order chi connectivity index (χ0) is 14.2. The molecule has 1 N–H and O–H groups in total. The third-order valence-corrected chi connectivity index (χ3v) is 2.54. The molecule has 0 saturated carbocycles. The van der Waals surface area contributed by atoms with Gasteiger partial charge in [0.05, 0.1) is 5.56 Å².